The standard InChI is InChI=1S/C20H22FN3O4/c1-14-11-17(24(26)27)5-6-18(14)20(25)22-13-19(23-7-9-28-10-8-23)15-3-2-4-16(21)12-15/h2-6,11-12,19H,7-10,13H2,1H3,(H,22,25). The summed E-state index contributed by atoms with van der Waals surface area (Å²) in [6.45, 7) is 4.50. The van der Waals surface area contributed by atoms with Crippen LogP contribution >= 0.6 is 0 Å². The summed E-state index contributed by atoms with van der Waals surface area (Å²) in [7, 11) is 0. The van der Waals surface area contributed by atoms with E-state index in [-0.39, 0.29) is 23.5 Å². The van der Waals surface area contributed by atoms with E-state index in [9.17, 15) is 19.3 Å². The summed E-state index contributed by atoms with van der Waals surface area (Å²) >= 11 is 0. The summed E-state index contributed by atoms with van der Waals surface area (Å²) in [5, 5.41) is 13.8. The van der Waals surface area contributed by atoms with Gasteiger partial charge < -0.3 is 10.1 Å². The number of rotatable bonds is 6. The molecular formula is C20H22FN3O4. The van der Waals surface area contributed by atoms with E-state index in [1.165, 1.54) is 30.3 Å². The lowest BCUT2D eigenvalue weighted by atomic mass is 10.0. The maximum atomic E-state index is 13.7. The average Bonchev–Trinajstić information content (AvgIpc) is 2.68. The summed E-state index contributed by atoms with van der Waals surface area (Å²) in [5.74, 6) is -0.643. The van der Waals surface area contributed by atoms with Crippen molar-refractivity contribution < 1.29 is 18.8 Å². The van der Waals surface area contributed by atoms with Crippen LogP contribution in [0.5, 0.6) is 0 Å². The molecule has 0 spiro atoms. The number of amides is 1. The second-order valence-electron chi connectivity index (χ2n) is 6.69. The molecule has 1 fully saturated rings. The molecule has 7 nitrogen and oxygen atoms in total. The molecule has 3 rings (SSSR count). The van der Waals surface area contributed by atoms with Crippen molar-refractivity contribution in [3.05, 3.63) is 75.1 Å². The molecule has 1 unspecified atom stereocenters. The highest BCUT2D eigenvalue weighted by atomic mass is 19.1. The van der Waals surface area contributed by atoms with Crippen LogP contribution < -0.4 is 5.32 Å². The van der Waals surface area contributed by atoms with Crippen molar-refractivity contribution in [3.8, 4) is 0 Å². The van der Waals surface area contributed by atoms with Crippen molar-refractivity contribution >= 4 is 11.6 Å². The van der Waals surface area contributed by atoms with Crippen LogP contribution in [0.1, 0.15) is 27.5 Å². The number of ether oxygens (including phenoxy) is 1. The number of carbonyl (C=O) groups excluding carboxylic acids is 1. The van der Waals surface area contributed by atoms with Crippen molar-refractivity contribution in [1.29, 1.82) is 0 Å². The molecule has 1 saturated heterocycles. The number of nitro benzene ring substituents is 1. The number of nitrogens with zero attached hydrogens (tertiary/aromatic N) is 2. The van der Waals surface area contributed by atoms with E-state index in [4.69, 9.17) is 4.74 Å². The summed E-state index contributed by atoms with van der Waals surface area (Å²) in [4.78, 5) is 25.2. The third-order valence-corrected chi connectivity index (χ3v) is 4.84. The molecule has 0 bridgehead atoms. The first-order valence-electron chi connectivity index (χ1n) is 9.06. The number of aryl methyl sites for hydroxylation is 1. The van der Waals surface area contributed by atoms with Gasteiger partial charge in [-0.2, -0.15) is 0 Å². The molecule has 2 aromatic carbocycles. The summed E-state index contributed by atoms with van der Waals surface area (Å²) in [6, 6.07) is 10.3. The van der Waals surface area contributed by atoms with Crippen LogP contribution in [0.2, 0.25) is 0 Å². The van der Waals surface area contributed by atoms with Gasteiger partial charge in [0.15, 0.2) is 0 Å². The molecule has 0 radical (unpaired) electrons. The number of hydrogen-bond acceptors (Lipinski definition) is 5. The Labute approximate surface area is 162 Å². The topological polar surface area (TPSA) is 84.7 Å². The Bertz CT molecular complexity index is 868. The molecule has 1 amide bonds. The zero-order chi connectivity index (χ0) is 20.1. The van der Waals surface area contributed by atoms with E-state index in [1.54, 1.807) is 13.0 Å². The predicted molar refractivity (Wildman–Crippen MR) is 102 cm³/mol. The molecular weight excluding hydrogens is 365 g/mol. The van der Waals surface area contributed by atoms with Crippen LogP contribution in [-0.2, 0) is 4.74 Å². The fourth-order valence-corrected chi connectivity index (χ4v) is 3.36. The van der Waals surface area contributed by atoms with Gasteiger partial charge in [-0.1, -0.05) is 12.1 Å². The number of non-ortho nitro benzene ring substituents is 1. The van der Waals surface area contributed by atoms with Gasteiger partial charge in [0, 0.05) is 37.3 Å². The van der Waals surface area contributed by atoms with Crippen LogP contribution in [0.3, 0.4) is 0 Å². The van der Waals surface area contributed by atoms with Gasteiger partial charge in [0.25, 0.3) is 11.6 Å². The Morgan fingerprint density at radius 3 is 2.68 bits per heavy atom. The Kier molecular flexibility index (Phi) is 6.33. The fourth-order valence-electron chi connectivity index (χ4n) is 3.36. The number of carbonyl (C=O) groups is 1. The third-order valence-electron chi connectivity index (χ3n) is 4.84. The normalized spacial score (nSPS) is 15.8. The van der Waals surface area contributed by atoms with Gasteiger partial charge in [-0.15, -0.1) is 0 Å². The number of morpholine rings is 1. The molecule has 1 aliphatic rings. The molecule has 0 saturated carbocycles. The third kappa shape index (κ3) is 4.71. The lowest BCUT2D eigenvalue weighted by Crippen LogP contribution is -2.44. The van der Waals surface area contributed by atoms with Gasteiger partial charge >= 0.3 is 0 Å². The first-order valence-corrected chi connectivity index (χ1v) is 9.06. The number of nitrogens with one attached hydrogen (secondary N) is 1. The molecule has 0 aromatic heterocycles. The summed E-state index contributed by atoms with van der Waals surface area (Å²) in [5.41, 5.74) is 1.63. The van der Waals surface area contributed by atoms with E-state index in [1.807, 2.05) is 6.07 Å². The second-order valence-corrected chi connectivity index (χ2v) is 6.69. The molecule has 2 aromatic rings. The molecule has 8 heteroatoms. The highest BCUT2D eigenvalue weighted by molar-refractivity contribution is 5.95. The predicted octanol–water partition coefficient (Wildman–Crippen LogP) is 2.85. The number of hydrogen-bond donors (Lipinski definition) is 1. The van der Waals surface area contributed by atoms with Gasteiger partial charge in [0.05, 0.1) is 24.2 Å². The maximum absolute atomic E-state index is 13.7. The Morgan fingerprint density at radius 1 is 1.29 bits per heavy atom. The van der Waals surface area contributed by atoms with E-state index in [0.29, 0.717) is 44.0 Å². The van der Waals surface area contributed by atoms with Gasteiger partial charge in [-0.05, 0) is 36.2 Å². The highest BCUT2D eigenvalue weighted by Crippen LogP contribution is 2.23. The van der Waals surface area contributed by atoms with Crippen LogP contribution in [0.15, 0.2) is 42.5 Å². The minimum atomic E-state index is -0.493. The first kappa shape index (κ1) is 19.9. The van der Waals surface area contributed by atoms with Gasteiger partial charge in [-0.25, -0.2) is 4.39 Å². The van der Waals surface area contributed by atoms with Gasteiger partial charge in [0.1, 0.15) is 5.82 Å². The molecule has 1 heterocycles. The minimum Gasteiger partial charge on any atom is -0.379 e. The number of benzene rings is 2. The molecule has 1 aliphatic heterocycles. The number of nitro groups is 1. The van der Waals surface area contributed by atoms with Crippen LogP contribution in [0.4, 0.5) is 10.1 Å². The quantitative estimate of drug-likeness (QED) is 0.609. The van der Waals surface area contributed by atoms with E-state index >= 15 is 0 Å². The maximum Gasteiger partial charge on any atom is 0.269 e. The zero-order valence-electron chi connectivity index (χ0n) is 15.6. The SMILES string of the molecule is Cc1cc([N+](=O)[O-])ccc1C(=O)NCC(c1cccc(F)c1)N1CCOCC1. The van der Waals surface area contributed by atoms with E-state index in [2.05, 4.69) is 10.2 Å². The summed E-state index contributed by atoms with van der Waals surface area (Å²) < 4.78 is 19.1. The largest absolute Gasteiger partial charge is 0.379 e. The van der Waals surface area contributed by atoms with Crippen molar-refractivity contribution in [1.82, 2.24) is 10.2 Å². The minimum absolute atomic E-state index is 0.0556. The van der Waals surface area contributed by atoms with Gasteiger partial charge in [0.2, 0.25) is 0 Å². The van der Waals surface area contributed by atoms with Crippen molar-refractivity contribution in [2.75, 3.05) is 32.8 Å². The lowest BCUT2D eigenvalue weighted by molar-refractivity contribution is -0.384. The van der Waals surface area contributed by atoms with Crippen LogP contribution in [-0.4, -0.2) is 48.6 Å². The Balaban J connectivity index is 1.76. The Hall–Kier alpha value is -2.84. The summed E-state index contributed by atoms with van der Waals surface area (Å²) in [6.07, 6.45) is 0. The number of halogens is 1. The van der Waals surface area contributed by atoms with Crippen LogP contribution in [0, 0.1) is 22.9 Å². The van der Waals surface area contributed by atoms with E-state index < -0.39 is 4.92 Å². The monoisotopic (exact) mass is 387 g/mol. The zero-order valence-corrected chi connectivity index (χ0v) is 15.6. The molecule has 0 aliphatic carbocycles. The highest BCUT2D eigenvalue weighted by Gasteiger charge is 2.24. The van der Waals surface area contributed by atoms with Crippen molar-refractivity contribution in [2.24, 2.45) is 0 Å². The lowest BCUT2D eigenvalue weighted by Gasteiger charge is -2.35. The molecule has 1 atom stereocenters. The van der Waals surface area contributed by atoms with Gasteiger partial charge in [-0.3, -0.25) is 19.8 Å². The van der Waals surface area contributed by atoms with Crippen LogP contribution in [0.25, 0.3) is 0 Å². The Morgan fingerprint density at radius 2 is 2.04 bits per heavy atom. The second kappa shape index (κ2) is 8.90. The fraction of sp³-hybridized carbons (Fsp3) is 0.350. The molecule has 148 valence electrons. The molecule has 28 heavy (non-hydrogen) atoms. The molecule has 1 N–H and O–H groups in total. The van der Waals surface area contributed by atoms with E-state index in [0.717, 1.165) is 5.56 Å². The van der Waals surface area contributed by atoms with Crippen molar-refractivity contribution in [3.63, 3.8) is 0 Å². The van der Waals surface area contributed by atoms with Crippen molar-refractivity contribution in [2.45, 2.75) is 13.0 Å². The average molecular weight is 387 g/mol. The smallest absolute Gasteiger partial charge is 0.269 e. The first-order chi connectivity index (χ1) is 13.5.